The molecule has 30 heavy (non-hydrogen) atoms. The molecule has 6 heteroatoms. The van der Waals surface area contributed by atoms with Gasteiger partial charge in [-0.05, 0) is 44.0 Å². The molecule has 0 N–H and O–H groups in total. The van der Waals surface area contributed by atoms with E-state index in [9.17, 15) is 4.79 Å². The fraction of sp³-hybridized carbons (Fsp3) is 0.500. The lowest BCUT2D eigenvalue weighted by atomic mass is 10.1. The standard InChI is InChI=1S/C24H30N4O2/c1-17-16-22(26(2)25-17)24(29)27-13-10-19(11-14-27)30-23-9-5-8-21-20(23)12-15-28(21)18-6-3-4-7-18/h5,8-9,12,15-16,18-19H,3-4,6-7,10-11,13-14H2,1-2H3. The number of carbonyl (C=O) groups is 1. The van der Waals surface area contributed by atoms with E-state index in [4.69, 9.17) is 4.74 Å². The lowest BCUT2D eigenvalue weighted by Gasteiger charge is -2.32. The molecule has 0 bridgehead atoms. The van der Waals surface area contributed by atoms with E-state index in [1.807, 2.05) is 24.9 Å². The molecular weight excluding hydrogens is 376 g/mol. The van der Waals surface area contributed by atoms with Gasteiger partial charge in [-0.25, -0.2) is 0 Å². The summed E-state index contributed by atoms with van der Waals surface area (Å²) in [7, 11) is 1.83. The predicted molar refractivity (Wildman–Crippen MR) is 117 cm³/mol. The summed E-state index contributed by atoms with van der Waals surface area (Å²) in [6.45, 7) is 3.34. The van der Waals surface area contributed by atoms with Crippen LogP contribution in [0.25, 0.3) is 10.9 Å². The van der Waals surface area contributed by atoms with Gasteiger partial charge in [-0.3, -0.25) is 9.48 Å². The van der Waals surface area contributed by atoms with Gasteiger partial charge in [-0.2, -0.15) is 5.10 Å². The second-order valence-electron chi connectivity index (χ2n) is 8.75. The van der Waals surface area contributed by atoms with Crippen molar-refractivity contribution in [2.24, 2.45) is 7.05 Å². The Labute approximate surface area is 177 Å². The van der Waals surface area contributed by atoms with Gasteiger partial charge in [0.25, 0.3) is 5.91 Å². The number of aryl methyl sites for hydroxylation is 2. The molecule has 1 saturated carbocycles. The molecule has 2 aromatic heterocycles. The van der Waals surface area contributed by atoms with Gasteiger partial charge in [-0.15, -0.1) is 0 Å². The van der Waals surface area contributed by atoms with Crippen LogP contribution in [0.1, 0.15) is 60.7 Å². The van der Waals surface area contributed by atoms with Gasteiger partial charge < -0.3 is 14.2 Å². The maximum atomic E-state index is 12.8. The Morgan fingerprint density at radius 3 is 2.57 bits per heavy atom. The smallest absolute Gasteiger partial charge is 0.272 e. The monoisotopic (exact) mass is 406 g/mol. The molecule has 1 aliphatic heterocycles. The van der Waals surface area contributed by atoms with Crippen molar-refractivity contribution >= 4 is 16.8 Å². The van der Waals surface area contributed by atoms with Crippen molar-refractivity contribution in [3.05, 3.63) is 47.9 Å². The Morgan fingerprint density at radius 1 is 1.10 bits per heavy atom. The van der Waals surface area contributed by atoms with Crippen LogP contribution in [0.3, 0.4) is 0 Å². The molecule has 0 spiro atoms. The Bertz CT molecular complexity index is 1050. The Hall–Kier alpha value is -2.76. The third-order valence-corrected chi connectivity index (χ3v) is 6.69. The maximum Gasteiger partial charge on any atom is 0.272 e. The molecule has 1 aromatic carbocycles. The summed E-state index contributed by atoms with van der Waals surface area (Å²) < 4.78 is 10.6. The van der Waals surface area contributed by atoms with Crippen LogP contribution in [0.2, 0.25) is 0 Å². The molecule has 2 fully saturated rings. The first-order valence-corrected chi connectivity index (χ1v) is 11.2. The van der Waals surface area contributed by atoms with Crippen molar-refractivity contribution in [3.63, 3.8) is 0 Å². The number of hydrogen-bond acceptors (Lipinski definition) is 3. The van der Waals surface area contributed by atoms with Crippen LogP contribution in [0.5, 0.6) is 5.75 Å². The summed E-state index contributed by atoms with van der Waals surface area (Å²) in [6, 6.07) is 11.1. The summed E-state index contributed by atoms with van der Waals surface area (Å²) in [5, 5.41) is 5.50. The van der Waals surface area contributed by atoms with E-state index in [-0.39, 0.29) is 12.0 Å². The predicted octanol–water partition coefficient (Wildman–Crippen LogP) is 4.48. The molecule has 1 aliphatic carbocycles. The van der Waals surface area contributed by atoms with Gasteiger partial charge in [0.2, 0.25) is 0 Å². The normalized spacial score (nSPS) is 18.4. The van der Waals surface area contributed by atoms with Crippen molar-refractivity contribution < 1.29 is 9.53 Å². The quantitative estimate of drug-likeness (QED) is 0.642. The van der Waals surface area contributed by atoms with Crippen molar-refractivity contribution in [2.45, 2.75) is 57.6 Å². The van der Waals surface area contributed by atoms with Gasteiger partial charge >= 0.3 is 0 Å². The third-order valence-electron chi connectivity index (χ3n) is 6.69. The van der Waals surface area contributed by atoms with E-state index in [0.29, 0.717) is 24.8 Å². The van der Waals surface area contributed by atoms with E-state index >= 15 is 0 Å². The van der Waals surface area contributed by atoms with Crippen LogP contribution in [0.4, 0.5) is 0 Å². The summed E-state index contributed by atoms with van der Waals surface area (Å²) in [5.41, 5.74) is 2.81. The van der Waals surface area contributed by atoms with Crippen LogP contribution in [0, 0.1) is 6.92 Å². The number of ether oxygens (including phenoxy) is 1. The largest absolute Gasteiger partial charge is 0.490 e. The molecular formula is C24H30N4O2. The number of piperidine rings is 1. The number of rotatable bonds is 4. The van der Waals surface area contributed by atoms with Gasteiger partial charge in [0, 0.05) is 50.6 Å². The fourth-order valence-corrected chi connectivity index (χ4v) is 5.09. The molecule has 0 atom stereocenters. The lowest BCUT2D eigenvalue weighted by molar-refractivity contribution is 0.0588. The van der Waals surface area contributed by atoms with E-state index in [1.54, 1.807) is 4.68 Å². The minimum atomic E-state index is 0.0623. The van der Waals surface area contributed by atoms with Crippen molar-refractivity contribution in [1.29, 1.82) is 0 Å². The highest BCUT2D eigenvalue weighted by Gasteiger charge is 2.27. The highest BCUT2D eigenvalue weighted by molar-refractivity contribution is 5.92. The molecule has 158 valence electrons. The zero-order valence-electron chi connectivity index (χ0n) is 17.9. The zero-order chi connectivity index (χ0) is 20.7. The van der Waals surface area contributed by atoms with Gasteiger partial charge in [-0.1, -0.05) is 18.9 Å². The molecule has 0 unspecified atom stereocenters. The number of carbonyl (C=O) groups excluding carboxylic acids is 1. The van der Waals surface area contributed by atoms with E-state index in [1.165, 1.54) is 36.6 Å². The average molecular weight is 407 g/mol. The Balaban J connectivity index is 1.26. The molecule has 3 aromatic rings. The van der Waals surface area contributed by atoms with Crippen molar-refractivity contribution in [1.82, 2.24) is 19.2 Å². The third kappa shape index (κ3) is 3.48. The summed E-state index contributed by atoms with van der Waals surface area (Å²) in [6.07, 6.45) is 9.28. The first-order chi connectivity index (χ1) is 14.6. The first-order valence-electron chi connectivity index (χ1n) is 11.2. The molecule has 1 amide bonds. The SMILES string of the molecule is Cc1cc(C(=O)N2CCC(Oc3cccc4c3ccn4C3CCCC3)CC2)n(C)n1. The second-order valence-corrected chi connectivity index (χ2v) is 8.75. The lowest BCUT2D eigenvalue weighted by Crippen LogP contribution is -2.42. The van der Waals surface area contributed by atoms with Crippen molar-refractivity contribution in [2.75, 3.05) is 13.1 Å². The van der Waals surface area contributed by atoms with Crippen molar-refractivity contribution in [3.8, 4) is 5.75 Å². The van der Waals surface area contributed by atoms with E-state index in [0.717, 1.165) is 24.3 Å². The summed E-state index contributed by atoms with van der Waals surface area (Å²) in [4.78, 5) is 14.7. The topological polar surface area (TPSA) is 52.3 Å². The summed E-state index contributed by atoms with van der Waals surface area (Å²) >= 11 is 0. The van der Waals surface area contributed by atoms with Crippen LogP contribution in [-0.2, 0) is 7.05 Å². The number of nitrogens with zero attached hydrogens (tertiary/aromatic N) is 4. The molecule has 6 nitrogen and oxygen atoms in total. The molecule has 3 heterocycles. The molecule has 2 aliphatic rings. The van der Waals surface area contributed by atoms with E-state index in [2.05, 4.69) is 40.1 Å². The van der Waals surface area contributed by atoms with Crippen LogP contribution in [0.15, 0.2) is 36.5 Å². The maximum absolute atomic E-state index is 12.8. The number of aromatic nitrogens is 3. The average Bonchev–Trinajstić information content (AvgIpc) is 3.48. The van der Waals surface area contributed by atoms with Crippen LogP contribution >= 0.6 is 0 Å². The minimum Gasteiger partial charge on any atom is -0.490 e. The summed E-state index contributed by atoms with van der Waals surface area (Å²) in [5.74, 6) is 1.03. The number of benzene rings is 1. The highest BCUT2D eigenvalue weighted by atomic mass is 16.5. The zero-order valence-corrected chi connectivity index (χ0v) is 17.9. The number of amides is 1. The Morgan fingerprint density at radius 2 is 1.87 bits per heavy atom. The minimum absolute atomic E-state index is 0.0623. The number of fused-ring (bicyclic) bond motifs is 1. The van der Waals surface area contributed by atoms with Crippen LogP contribution < -0.4 is 4.74 Å². The van der Waals surface area contributed by atoms with Gasteiger partial charge in [0.05, 0.1) is 11.2 Å². The number of likely N-dealkylation sites (tertiary alicyclic amines) is 1. The fourth-order valence-electron chi connectivity index (χ4n) is 5.09. The van der Waals surface area contributed by atoms with E-state index < -0.39 is 0 Å². The van der Waals surface area contributed by atoms with Crippen LogP contribution in [-0.4, -0.2) is 44.3 Å². The second kappa shape index (κ2) is 7.82. The Kier molecular flexibility index (Phi) is 5.01. The van der Waals surface area contributed by atoms with Gasteiger partial charge in [0.1, 0.15) is 17.5 Å². The molecule has 0 radical (unpaired) electrons. The molecule has 1 saturated heterocycles. The molecule has 5 rings (SSSR count). The van der Waals surface area contributed by atoms with Gasteiger partial charge in [0.15, 0.2) is 0 Å². The number of hydrogen-bond donors (Lipinski definition) is 0. The highest BCUT2D eigenvalue weighted by Crippen LogP contribution is 2.36. The first kappa shape index (κ1) is 19.2.